The first kappa shape index (κ1) is 10.5. The monoisotopic (exact) mass is 280 g/mol. The normalized spacial score (nSPS) is 9.93. The molecule has 2 rings (SSSR count). The van der Waals surface area contributed by atoms with E-state index in [4.69, 9.17) is 5.73 Å². The molecule has 0 aliphatic heterocycles. The van der Waals surface area contributed by atoms with E-state index < -0.39 is 0 Å². The number of hydrogen-bond acceptors (Lipinski definition) is 3. The molecule has 0 saturated heterocycles. The standard InChI is InChI=1S/C11H9BrN2S/c12-7-2-1-4-8-5-3-6-9-10(8)14-11(13)15-9/h3,5-6H,2,7H2,(H2,13,14). The van der Waals surface area contributed by atoms with Gasteiger partial charge in [-0.2, -0.15) is 0 Å². The smallest absolute Gasteiger partial charge is 0.181 e. The van der Waals surface area contributed by atoms with Crippen molar-refractivity contribution in [2.24, 2.45) is 0 Å². The van der Waals surface area contributed by atoms with Gasteiger partial charge < -0.3 is 5.73 Å². The predicted octanol–water partition coefficient (Wildman–Crippen LogP) is 3.02. The summed E-state index contributed by atoms with van der Waals surface area (Å²) < 4.78 is 1.10. The number of rotatable bonds is 1. The quantitative estimate of drug-likeness (QED) is 0.644. The predicted molar refractivity (Wildman–Crippen MR) is 69.3 cm³/mol. The first-order valence-corrected chi connectivity index (χ1v) is 6.45. The van der Waals surface area contributed by atoms with Gasteiger partial charge in [0.1, 0.15) is 0 Å². The average Bonchev–Trinajstić information content (AvgIpc) is 2.59. The van der Waals surface area contributed by atoms with Crippen molar-refractivity contribution in [2.45, 2.75) is 6.42 Å². The molecule has 0 spiro atoms. The minimum Gasteiger partial charge on any atom is -0.375 e. The number of nitrogens with two attached hydrogens (primary N) is 1. The van der Waals surface area contributed by atoms with Crippen molar-refractivity contribution in [3.63, 3.8) is 0 Å². The van der Waals surface area contributed by atoms with Crippen LogP contribution < -0.4 is 5.73 Å². The van der Waals surface area contributed by atoms with Crippen LogP contribution in [0.3, 0.4) is 0 Å². The van der Waals surface area contributed by atoms with E-state index >= 15 is 0 Å². The zero-order valence-corrected chi connectivity index (χ0v) is 10.4. The Morgan fingerprint density at radius 2 is 2.33 bits per heavy atom. The maximum atomic E-state index is 5.67. The fourth-order valence-electron chi connectivity index (χ4n) is 1.27. The molecular formula is C11H9BrN2S. The number of para-hydroxylation sites is 1. The Labute approximate surface area is 101 Å². The lowest BCUT2D eigenvalue weighted by atomic mass is 10.2. The molecule has 0 radical (unpaired) electrons. The molecule has 4 heteroatoms. The maximum Gasteiger partial charge on any atom is 0.181 e. The van der Waals surface area contributed by atoms with Crippen LogP contribution in [-0.2, 0) is 0 Å². The molecule has 1 aromatic heterocycles. The number of halogens is 1. The second-order valence-corrected chi connectivity index (χ2v) is 4.80. The molecule has 15 heavy (non-hydrogen) atoms. The number of alkyl halides is 1. The minimum absolute atomic E-state index is 0.597. The zero-order chi connectivity index (χ0) is 10.7. The summed E-state index contributed by atoms with van der Waals surface area (Å²) in [6.45, 7) is 0. The molecule has 2 nitrogen and oxygen atoms in total. The lowest BCUT2D eigenvalue weighted by Gasteiger charge is -1.90. The van der Waals surface area contributed by atoms with Crippen molar-refractivity contribution in [2.75, 3.05) is 11.1 Å². The van der Waals surface area contributed by atoms with Crippen LogP contribution in [0.5, 0.6) is 0 Å². The number of hydrogen-bond donors (Lipinski definition) is 1. The molecule has 76 valence electrons. The third-order valence-corrected chi connectivity index (χ3v) is 3.12. The van der Waals surface area contributed by atoms with Crippen LogP contribution in [0.2, 0.25) is 0 Å². The lowest BCUT2D eigenvalue weighted by molar-refractivity contribution is 1.32. The molecule has 1 heterocycles. The van der Waals surface area contributed by atoms with Crippen molar-refractivity contribution in [3.05, 3.63) is 23.8 Å². The molecule has 0 aliphatic rings. The number of thiazole rings is 1. The van der Waals surface area contributed by atoms with Crippen molar-refractivity contribution in [1.82, 2.24) is 4.98 Å². The summed E-state index contributed by atoms with van der Waals surface area (Å²) in [6, 6.07) is 5.97. The Bertz CT molecular complexity index is 536. The fraction of sp³-hybridized carbons (Fsp3) is 0.182. The van der Waals surface area contributed by atoms with Gasteiger partial charge in [-0.05, 0) is 12.1 Å². The first-order chi connectivity index (χ1) is 7.31. The Morgan fingerprint density at radius 3 is 3.13 bits per heavy atom. The number of anilines is 1. The highest BCUT2D eigenvalue weighted by atomic mass is 79.9. The van der Waals surface area contributed by atoms with Crippen molar-refractivity contribution >= 4 is 42.6 Å². The molecule has 2 N–H and O–H groups in total. The molecule has 0 fully saturated rings. The summed E-state index contributed by atoms with van der Waals surface area (Å²) in [7, 11) is 0. The van der Waals surface area contributed by atoms with Crippen molar-refractivity contribution < 1.29 is 0 Å². The summed E-state index contributed by atoms with van der Waals surface area (Å²) in [5, 5.41) is 1.49. The van der Waals surface area contributed by atoms with Gasteiger partial charge in [0.15, 0.2) is 5.13 Å². The lowest BCUT2D eigenvalue weighted by Crippen LogP contribution is -1.82. The zero-order valence-electron chi connectivity index (χ0n) is 7.96. The van der Waals surface area contributed by atoms with Gasteiger partial charge in [-0.3, -0.25) is 0 Å². The number of nitrogens with zero attached hydrogens (tertiary/aromatic N) is 1. The third kappa shape index (κ3) is 2.31. The van der Waals surface area contributed by atoms with Crippen LogP contribution >= 0.6 is 27.3 Å². The SMILES string of the molecule is Nc1nc2c(C#CCCBr)cccc2s1. The van der Waals surface area contributed by atoms with Gasteiger partial charge in [0, 0.05) is 11.8 Å². The molecule has 0 saturated carbocycles. The van der Waals surface area contributed by atoms with Gasteiger partial charge in [0.05, 0.1) is 15.8 Å². The molecule has 0 aliphatic carbocycles. The van der Waals surface area contributed by atoms with E-state index in [-0.39, 0.29) is 0 Å². The summed E-state index contributed by atoms with van der Waals surface area (Å²) >= 11 is 4.84. The fourth-order valence-corrected chi connectivity index (χ4v) is 2.23. The highest BCUT2D eigenvalue weighted by Gasteiger charge is 2.03. The van der Waals surface area contributed by atoms with Crippen LogP contribution in [0.25, 0.3) is 10.2 Å². The molecule has 1 aromatic carbocycles. The minimum atomic E-state index is 0.597. The van der Waals surface area contributed by atoms with Crippen molar-refractivity contribution in [1.29, 1.82) is 0 Å². The Hall–Kier alpha value is -1.05. The van der Waals surface area contributed by atoms with E-state index in [2.05, 4.69) is 32.8 Å². The van der Waals surface area contributed by atoms with E-state index in [0.717, 1.165) is 27.5 Å². The highest BCUT2D eigenvalue weighted by molar-refractivity contribution is 9.09. The number of aromatic nitrogens is 1. The number of fused-ring (bicyclic) bond motifs is 1. The van der Waals surface area contributed by atoms with Gasteiger partial charge in [0.25, 0.3) is 0 Å². The van der Waals surface area contributed by atoms with Gasteiger partial charge in [0.2, 0.25) is 0 Å². The number of benzene rings is 1. The van der Waals surface area contributed by atoms with Gasteiger partial charge in [-0.25, -0.2) is 4.98 Å². The summed E-state index contributed by atoms with van der Waals surface area (Å²) in [6.07, 6.45) is 0.843. The van der Waals surface area contributed by atoms with Crippen LogP contribution in [0, 0.1) is 11.8 Å². The van der Waals surface area contributed by atoms with E-state index in [1.54, 1.807) is 0 Å². The summed E-state index contributed by atoms with van der Waals surface area (Å²) in [5.74, 6) is 6.19. The Kier molecular flexibility index (Phi) is 3.24. The summed E-state index contributed by atoms with van der Waals surface area (Å²) in [4.78, 5) is 4.27. The first-order valence-electron chi connectivity index (χ1n) is 4.51. The summed E-state index contributed by atoms with van der Waals surface area (Å²) in [5.41, 5.74) is 7.54. The van der Waals surface area contributed by atoms with Gasteiger partial charge in [-0.15, -0.1) is 0 Å². The maximum absolute atomic E-state index is 5.67. The van der Waals surface area contributed by atoms with E-state index in [9.17, 15) is 0 Å². The van der Waals surface area contributed by atoms with Crippen LogP contribution in [0.1, 0.15) is 12.0 Å². The highest BCUT2D eigenvalue weighted by Crippen LogP contribution is 2.25. The van der Waals surface area contributed by atoms with E-state index in [0.29, 0.717) is 5.13 Å². The molecular weight excluding hydrogens is 272 g/mol. The Balaban J connectivity index is 2.47. The molecule has 2 aromatic rings. The average molecular weight is 281 g/mol. The van der Waals surface area contributed by atoms with E-state index in [1.165, 1.54) is 11.3 Å². The second kappa shape index (κ2) is 4.65. The van der Waals surface area contributed by atoms with Gasteiger partial charge >= 0.3 is 0 Å². The molecule has 0 amide bonds. The van der Waals surface area contributed by atoms with Gasteiger partial charge in [-0.1, -0.05) is 45.2 Å². The van der Waals surface area contributed by atoms with Crippen molar-refractivity contribution in [3.8, 4) is 11.8 Å². The van der Waals surface area contributed by atoms with E-state index in [1.807, 2.05) is 18.2 Å². The van der Waals surface area contributed by atoms with Crippen LogP contribution in [0.15, 0.2) is 18.2 Å². The Morgan fingerprint density at radius 1 is 1.47 bits per heavy atom. The second-order valence-electron chi connectivity index (χ2n) is 2.95. The van der Waals surface area contributed by atoms with Crippen LogP contribution in [0.4, 0.5) is 5.13 Å². The third-order valence-electron chi connectivity index (χ3n) is 1.88. The topological polar surface area (TPSA) is 38.9 Å². The molecule has 0 unspecified atom stereocenters. The molecule has 0 bridgehead atoms. The largest absolute Gasteiger partial charge is 0.375 e. The number of nitrogen functional groups attached to an aromatic ring is 1. The molecule has 0 atom stereocenters. The van der Waals surface area contributed by atoms with Crippen LogP contribution in [-0.4, -0.2) is 10.3 Å².